The average molecular weight is 451 g/mol. The summed E-state index contributed by atoms with van der Waals surface area (Å²) < 4.78 is 0. The van der Waals surface area contributed by atoms with Crippen LogP contribution in [0.5, 0.6) is 0 Å². The normalized spacial score (nSPS) is 10.6. The largest absolute Gasteiger partial charge is 0.366 e. The Morgan fingerprint density at radius 1 is 1.03 bits per heavy atom. The number of thiazole rings is 1. The first-order chi connectivity index (χ1) is 15.4. The predicted octanol–water partition coefficient (Wildman–Crippen LogP) is 3.96. The number of hydrogen-bond donors (Lipinski definition) is 2. The number of aryl methyl sites for hydroxylation is 1. The molecule has 0 bridgehead atoms. The number of amides is 3. The van der Waals surface area contributed by atoms with Crippen molar-refractivity contribution in [3.63, 3.8) is 0 Å². The first-order valence-electron chi connectivity index (χ1n) is 10.4. The monoisotopic (exact) mass is 450 g/mol. The van der Waals surface area contributed by atoms with Crippen molar-refractivity contribution in [1.29, 1.82) is 0 Å². The summed E-state index contributed by atoms with van der Waals surface area (Å²) in [6.07, 6.45) is 1.12. The van der Waals surface area contributed by atoms with Gasteiger partial charge in [-0.25, -0.2) is 4.98 Å². The van der Waals surface area contributed by atoms with E-state index in [9.17, 15) is 14.4 Å². The van der Waals surface area contributed by atoms with Crippen molar-refractivity contribution < 1.29 is 14.4 Å². The Labute approximate surface area is 191 Å². The molecule has 0 saturated heterocycles. The van der Waals surface area contributed by atoms with E-state index >= 15 is 0 Å². The van der Waals surface area contributed by atoms with Gasteiger partial charge in [-0.2, -0.15) is 0 Å². The second-order valence-electron chi connectivity index (χ2n) is 7.21. The van der Waals surface area contributed by atoms with E-state index in [-0.39, 0.29) is 24.8 Å². The molecule has 3 rings (SSSR count). The van der Waals surface area contributed by atoms with E-state index in [0.29, 0.717) is 23.5 Å². The zero-order valence-electron chi connectivity index (χ0n) is 18.1. The molecule has 8 heteroatoms. The zero-order valence-corrected chi connectivity index (χ0v) is 18.9. The molecule has 3 amide bonds. The Bertz CT molecular complexity index is 1090. The van der Waals surface area contributed by atoms with E-state index in [0.717, 1.165) is 17.0 Å². The molecule has 0 fully saturated rings. The molecule has 1 aromatic heterocycles. The average Bonchev–Trinajstić information content (AvgIpc) is 3.30. The molecule has 3 aromatic rings. The third-order valence-electron chi connectivity index (χ3n) is 5.06. The molecule has 32 heavy (non-hydrogen) atoms. The minimum atomic E-state index is -0.525. The molecule has 0 saturated carbocycles. The van der Waals surface area contributed by atoms with Crippen molar-refractivity contribution in [2.75, 3.05) is 18.4 Å². The van der Waals surface area contributed by atoms with Crippen LogP contribution in [0.3, 0.4) is 0 Å². The minimum Gasteiger partial charge on any atom is -0.366 e. The van der Waals surface area contributed by atoms with Crippen LogP contribution in [0, 0.1) is 0 Å². The van der Waals surface area contributed by atoms with E-state index < -0.39 is 5.91 Å². The summed E-state index contributed by atoms with van der Waals surface area (Å²) in [7, 11) is 0. The molecule has 7 nitrogen and oxygen atoms in total. The number of aromatic nitrogens is 1. The third kappa shape index (κ3) is 5.79. The van der Waals surface area contributed by atoms with Gasteiger partial charge in [0.05, 0.1) is 0 Å². The smallest absolute Gasteiger partial charge is 0.273 e. The van der Waals surface area contributed by atoms with E-state index in [4.69, 9.17) is 5.73 Å². The van der Waals surface area contributed by atoms with Gasteiger partial charge in [0.25, 0.3) is 5.91 Å². The summed E-state index contributed by atoms with van der Waals surface area (Å²) >= 11 is 1.43. The Balaban J connectivity index is 1.58. The molecule has 0 aliphatic heterocycles. The highest BCUT2D eigenvalue weighted by Crippen LogP contribution is 2.25. The SMILES string of the molecule is CCc1ccc(-c2nc(C(=O)N(CC)CCC(=O)Nc3ccc(C(N)=O)cc3)cs2)cc1. The molecule has 0 atom stereocenters. The number of benzene rings is 2. The fraction of sp³-hybridized carbons (Fsp3) is 0.250. The number of nitrogens with one attached hydrogen (secondary N) is 1. The maximum atomic E-state index is 12.9. The van der Waals surface area contributed by atoms with Gasteiger partial charge in [-0.05, 0) is 43.2 Å². The van der Waals surface area contributed by atoms with Crippen LogP contribution in [0.1, 0.15) is 46.7 Å². The van der Waals surface area contributed by atoms with E-state index in [1.807, 2.05) is 19.1 Å². The molecule has 0 radical (unpaired) electrons. The maximum absolute atomic E-state index is 12.9. The number of carbonyl (C=O) groups excluding carboxylic acids is 3. The van der Waals surface area contributed by atoms with Crippen LogP contribution in [0.2, 0.25) is 0 Å². The Morgan fingerprint density at radius 2 is 1.72 bits per heavy atom. The van der Waals surface area contributed by atoms with E-state index in [2.05, 4.69) is 29.4 Å². The number of carbonyl (C=O) groups is 3. The van der Waals surface area contributed by atoms with Crippen LogP contribution in [-0.4, -0.2) is 40.7 Å². The molecular weight excluding hydrogens is 424 g/mol. The quantitative estimate of drug-likeness (QED) is 0.515. The number of nitrogens with zero attached hydrogens (tertiary/aromatic N) is 2. The molecule has 0 aliphatic carbocycles. The standard InChI is InChI=1S/C24H26N4O3S/c1-3-16-5-7-18(8-6-16)23-27-20(15-32-23)24(31)28(4-2)14-13-21(29)26-19-11-9-17(10-12-19)22(25)30/h5-12,15H,3-4,13-14H2,1-2H3,(H2,25,30)(H,26,29). The Morgan fingerprint density at radius 3 is 2.31 bits per heavy atom. The minimum absolute atomic E-state index is 0.145. The van der Waals surface area contributed by atoms with Gasteiger partial charge >= 0.3 is 0 Å². The van der Waals surface area contributed by atoms with Crippen LogP contribution < -0.4 is 11.1 Å². The summed E-state index contributed by atoms with van der Waals surface area (Å²) in [5, 5.41) is 5.31. The van der Waals surface area contributed by atoms with Crippen molar-refractivity contribution >= 4 is 34.7 Å². The lowest BCUT2D eigenvalue weighted by Crippen LogP contribution is -2.33. The summed E-state index contributed by atoms with van der Waals surface area (Å²) in [5.41, 5.74) is 8.76. The van der Waals surface area contributed by atoms with Gasteiger partial charge in [-0.3, -0.25) is 14.4 Å². The van der Waals surface area contributed by atoms with E-state index in [1.165, 1.54) is 16.9 Å². The molecule has 2 aromatic carbocycles. The summed E-state index contributed by atoms with van der Waals surface area (Å²) in [5.74, 6) is -0.944. The van der Waals surface area contributed by atoms with Gasteiger partial charge in [0.2, 0.25) is 11.8 Å². The zero-order chi connectivity index (χ0) is 23.1. The lowest BCUT2D eigenvalue weighted by molar-refractivity contribution is -0.116. The molecule has 0 aliphatic rings. The lowest BCUT2D eigenvalue weighted by atomic mass is 10.1. The number of anilines is 1. The van der Waals surface area contributed by atoms with Gasteiger partial charge < -0.3 is 16.0 Å². The fourth-order valence-corrected chi connectivity index (χ4v) is 3.93. The predicted molar refractivity (Wildman–Crippen MR) is 127 cm³/mol. The maximum Gasteiger partial charge on any atom is 0.273 e. The highest BCUT2D eigenvalue weighted by Gasteiger charge is 2.19. The van der Waals surface area contributed by atoms with Crippen molar-refractivity contribution in [3.8, 4) is 10.6 Å². The molecule has 0 unspecified atom stereocenters. The summed E-state index contributed by atoms with van der Waals surface area (Å²) in [6.45, 7) is 4.72. The topological polar surface area (TPSA) is 105 Å². The van der Waals surface area contributed by atoms with Gasteiger partial charge in [0.15, 0.2) is 0 Å². The first-order valence-corrected chi connectivity index (χ1v) is 11.3. The van der Waals surface area contributed by atoms with Crippen molar-refractivity contribution in [2.24, 2.45) is 5.73 Å². The van der Waals surface area contributed by atoms with Crippen LogP contribution >= 0.6 is 11.3 Å². The van der Waals surface area contributed by atoms with Gasteiger partial charge in [0.1, 0.15) is 10.7 Å². The van der Waals surface area contributed by atoms with Crippen LogP contribution in [0.15, 0.2) is 53.9 Å². The highest BCUT2D eigenvalue weighted by atomic mass is 32.1. The van der Waals surface area contributed by atoms with Crippen molar-refractivity contribution in [1.82, 2.24) is 9.88 Å². The summed E-state index contributed by atoms with van der Waals surface area (Å²) in [4.78, 5) is 42.4. The first kappa shape index (κ1) is 23.1. The molecule has 1 heterocycles. The highest BCUT2D eigenvalue weighted by molar-refractivity contribution is 7.13. The van der Waals surface area contributed by atoms with Gasteiger partial charge in [-0.15, -0.1) is 11.3 Å². The van der Waals surface area contributed by atoms with Crippen molar-refractivity contribution in [2.45, 2.75) is 26.7 Å². The van der Waals surface area contributed by atoms with Gasteiger partial charge in [0, 0.05) is 41.7 Å². The second-order valence-corrected chi connectivity index (χ2v) is 8.07. The summed E-state index contributed by atoms with van der Waals surface area (Å²) in [6, 6.07) is 14.5. The number of hydrogen-bond acceptors (Lipinski definition) is 5. The third-order valence-corrected chi connectivity index (χ3v) is 5.95. The number of nitrogens with two attached hydrogens (primary N) is 1. The van der Waals surface area contributed by atoms with Gasteiger partial charge in [-0.1, -0.05) is 31.2 Å². The van der Waals surface area contributed by atoms with Crippen LogP contribution in [0.4, 0.5) is 5.69 Å². The Hall–Kier alpha value is -3.52. The van der Waals surface area contributed by atoms with Crippen LogP contribution in [-0.2, 0) is 11.2 Å². The van der Waals surface area contributed by atoms with Crippen molar-refractivity contribution in [3.05, 3.63) is 70.7 Å². The molecule has 166 valence electrons. The second kappa shape index (κ2) is 10.7. The van der Waals surface area contributed by atoms with E-state index in [1.54, 1.807) is 34.5 Å². The van der Waals surface area contributed by atoms with Crippen LogP contribution in [0.25, 0.3) is 10.6 Å². The molecule has 3 N–H and O–H groups in total. The number of primary amides is 1. The number of rotatable bonds is 9. The molecular formula is C24H26N4O3S. The Kier molecular flexibility index (Phi) is 7.72. The molecule has 0 spiro atoms. The fourth-order valence-electron chi connectivity index (χ4n) is 3.13. The lowest BCUT2D eigenvalue weighted by Gasteiger charge is -2.19.